The predicted molar refractivity (Wildman–Crippen MR) is 76.2 cm³/mol. The van der Waals surface area contributed by atoms with Crippen molar-refractivity contribution in [2.24, 2.45) is 5.41 Å². The van der Waals surface area contributed by atoms with E-state index in [0.717, 1.165) is 12.8 Å². The van der Waals surface area contributed by atoms with Gasteiger partial charge in [-0.15, -0.1) is 6.42 Å². The SMILES string of the molecule is COC1(C(C)(C)C2=[C-]CC=C2)CC=C(C)C=C1C.[Cl-].[Cl-].[Ti+3]. The zero-order chi connectivity index (χ0) is 13.4. The first kappa shape index (κ1) is 23.5. The largest absolute Gasteiger partial charge is 3.00 e. The molecule has 2 rings (SSSR count). The van der Waals surface area contributed by atoms with Gasteiger partial charge < -0.3 is 29.6 Å². The molecule has 0 fully saturated rings. The van der Waals surface area contributed by atoms with Crippen molar-refractivity contribution in [3.63, 3.8) is 0 Å². The van der Waals surface area contributed by atoms with Crippen LogP contribution >= 0.6 is 0 Å². The second-order valence-corrected chi connectivity index (χ2v) is 5.83. The van der Waals surface area contributed by atoms with Crippen molar-refractivity contribution >= 4 is 0 Å². The molecule has 115 valence electrons. The van der Waals surface area contributed by atoms with Gasteiger partial charge in [0.05, 0.1) is 5.60 Å². The van der Waals surface area contributed by atoms with Gasteiger partial charge in [-0.3, -0.25) is 6.08 Å². The standard InChI is InChI=1S/C17H23O.2ClH.Ti/c1-13-10-11-17(18-5,14(2)12-13)16(3,4)15-8-6-7-9-15;;;/h6,8,10,12H,7,11H2,1-5H3;2*1H;/q-1;;;+3/p-2. The molecule has 0 N–H and O–H groups in total. The van der Waals surface area contributed by atoms with Gasteiger partial charge in [-0.05, 0) is 31.3 Å². The molecule has 1 nitrogen and oxygen atoms in total. The number of hydrogen-bond donors (Lipinski definition) is 0. The smallest absolute Gasteiger partial charge is 1.00 e. The summed E-state index contributed by atoms with van der Waals surface area (Å²) in [5.41, 5.74) is 3.60. The quantitative estimate of drug-likeness (QED) is 0.434. The van der Waals surface area contributed by atoms with E-state index < -0.39 is 0 Å². The van der Waals surface area contributed by atoms with Crippen LogP contribution in [0.4, 0.5) is 0 Å². The Bertz CT molecular complexity index is 475. The Morgan fingerprint density at radius 2 is 1.86 bits per heavy atom. The van der Waals surface area contributed by atoms with Gasteiger partial charge in [0, 0.05) is 7.11 Å². The predicted octanol–water partition coefficient (Wildman–Crippen LogP) is -1.61. The second kappa shape index (κ2) is 8.74. The van der Waals surface area contributed by atoms with Crippen molar-refractivity contribution in [3.8, 4) is 0 Å². The third-order valence-corrected chi connectivity index (χ3v) is 4.52. The Morgan fingerprint density at radius 1 is 1.24 bits per heavy atom. The first-order valence-electron chi connectivity index (χ1n) is 6.62. The summed E-state index contributed by atoms with van der Waals surface area (Å²) in [4.78, 5) is 0. The zero-order valence-corrected chi connectivity index (χ0v) is 16.5. The summed E-state index contributed by atoms with van der Waals surface area (Å²) < 4.78 is 6.01. The molecule has 0 heterocycles. The fourth-order valence-electron chi connectivity index (χ4n) is 3.28. The van der Waals surface area contributed by atoms with E-state index in [1.54, 1.807) is 0 Å². The molecule has 2 aliphatic carbocycles. The van der Waals surface area contributed by atoms with E-state index in [9.17, 15) is 0 Å². The second-order valence-electron chi connectivity index (χ2n) is 5.83. The van der Waals surface area contributed by atoms with E-state index in [1.807, 2.05) is 7.11 Å². The molecule has 0 saturated heterocycles. The molecule has 0 saturated carbocycles. The third kappa shape index (κ3) is 3.95. The average molecular weight is 362 g/mol. The minimum atomic E-state index is -0.247. The Balaban J connectivity index is 0. The Kier molecular flexibility index (Phi) is 9.78. The average Bonchev–Trinajstić information content (AvgIpc) is 2.83. The Morgan fingerprint density at radius 3 is 2.29 bits per heavy atom. The van der Waals surface area contributed by atoms with Crippen molar-refractivity contribution in [2.75, 3.05) is 7.11 Å². The van der Waals surface area contributed by atoms with Gasteiger partial charge in [-0.2, -0.15) is 6.08 Å². The van der Waals surface area contributed by atoms with Crippen LogP contribution in [0.15, 0.2) is 41.0 Å². The monoisotopic (exact) mass is 361 g/mol. The minimum absolute atomic E-state index is 0. The number of methoxy groups -OCH3 is 1. The van der Waals surface area contributed by atoms with Crippen molar-refractivity contribution in [1.82, 2.24) is 0 Å². The summed E-state index contributed by atoms with van der Waals surface area (Å²) in [6.07, 6.45) is 14.2. The van der Waals surface area contributed by atoms with Gasteiger partial charge in [0.15, 0.2) is 0 Å². The minimum Gasteiger partial charge on any atom is -1.00 e. The number of rotatable bonds is 3. The molecular formula is C17H23Cl2OTi. The zero-order valence-electron chi connectivity index (χ0n) is 13.4. The van der Waals surface area contributed by atoms with Crippen molar-refractivity contribution in [2.45, 2.75) is 46.1 Å². The molecule has 21 heavy (non-hydrogen) atoms. The van der Waals surface area contributed by atoms with Gasteiger partial charge in [0.1, 0.15) is 0 Å². The molecule has 4 heteroatoms. The Hall–Kier alpha value is 0.214. The van der Waals surface area contributed by atoms with E-state index in [2.05, 4.69) is 58.1 Å². The molecule has 0 bridgehead atoms. The van der Waals surface area contributed by atoms with Crippen LogP contribution in [0.3, 0.4) is 0 Å². The van der Waals surface area contributed by atoms with Crippen LogP contribution in [0.2, 0.25) is 0 Å². The number of ether oxygens (including phenoxy) is 1. The molecule has 1 radical (unpaired) electrons. The van der Waals surface area contributed by atoms with Crippen LogP contribution in [0.5, 0.6) is 0 Å². The van der Waals surface area contributed by atoms with Crippen LogP contribution in [0.1, 0.15) is 40.5 Å². The van der Waals surface area contributed by atoms with Crippen LogP contribution in [-0.4, -0.2) is 12.7 Å². The van der Waals surface area contributed by atoms with Gasteiger partial charge in [0.2, 0.25) is 0 Å². The number of halogens is 2. The molecule has 2 aliphatic rings. The van der Waals surface area contributed by atoms with E-state index in [1.165, 1.54) is 16.7 Å². The van der Waals surface area contributed by atoms with E-state index >= 15 is 0 Å². The van der Waals surface area contributed by atoms with Crippen LogP contribution in [0, 0.1) is 11.5 Å². The normalized spacial score (nSPS) is 24.0. The topological polar surface area (TPSA) is 9.23 Å². The van der Waals surface area contributed by atoms with Gasteiger partial charge in [-0.1, -0.05) is 31.6 Å². The molecule has 1 unspecified atom stereocenters. The molecular weight excluding hydrogens is 339 g/mol. The summed E-state index contributed by atoms with van der Waals surface area (Å²) in [7, 11) is 1.83. The van der Waals surface area contributed by atoms with Gasteiger partial charge >= 0.3 is 21.7 Å². The maximum Gasteiger partial charge on any atom is 3.00 e. The third-order valence-electron chi connectivity index (χ3n) is 4.52. The maximum absolute atomic E-state index is 6.01. The molecule has 1 atom stereocenters. The summed E-state index contributed by atoms with van der Waals surface area (Å²) in [5, 5.41) is 0. The first-order chi connectivity index (χ1) is 8.44. The van der Waals surface area contributed by atoms with Gasteiger partial charge in [-0.25, -0.2) is 11.6 Å². The summed E-state index contributed by atoms with van der Waals surface area (Å²) >= 11 is 0. The summed E-state index contributed by atoms with van der Waals surface area (Å²) in [6, 6.07) is 0. The van der Waals surface area contributed by atoms with Crippen LogP contribution in [0.25, 0.3) is 0 Å². The fraction of sp³-hybridized carbons (Fsp3) is 0.529. The van der Waals surface area contributed by atoms with E-state index in [4.69, 9.17) is 4.74 Å². The molecule has 0 spiro atoms. The van der Waals surface area contributed by atoms with Crippen LogP contribution < -0.4 is 24.8 Å². The van der Waals surface area contributed by atoms with Gasteiger partial charge in [0.25, 0.3) is 0 Å². The van der Waals surface area contributed by atoms with E-state index in [0.29, 0.717) is 0 Å². The number of allylic oxidation sites excluding steroid dienone is 5. The first-order valence-corrected chi connectivity index (χ1v) is 6.62. The molecule has 0 aliphatic heterocycles. The Labute approximate surface area is 156 Å². The van der Waals surface area contributed by atoms with Crippen molar-refractivity contribution in [3.05, 3.63) is 47.1 Å². The summed E-state index contributed by atoms with van der Waals surface area (Å²) in [6.45, 7) is 8.86. The molecule has 0 amide bonds. The van der Waals surface area contributed by atoms with Crippen LogP contribution in [-0.2, 0) is 26.5 Å². The van der Waals surface area contributed by atoms with E-state index in [-0.39, 0.29) is 57.5 Å². The fourth-order valence-corrected chi connectivity index (χ4v) is 3.28. The molecule has 0 aromatic rings. The maximum atomic E-state index is 6.01. The van der Waals surface area contributed by atoms with Crippen molar-refractivity contribution in [1.29, 1.82) is 0 Å². The molecule has 0 aromatic heterocycles. The summed E-state index contributed by atoms with van der Waals surface area (Å²) in [5.74, 6) is 0. The molecule has 0 aromatic carbocycles. The number of hydrogen-bond acceptors (Lipinski definition) is 1. The van der Waals surface area contributed by atoms with Crippen molar-refractivity contribution < 1.29 is 51.3 Å².